The van der Waals surface area contributed by atoms with Crippen LogP contribution in [0.3, 0.4) is 0 Å². The first kappa shape index (κ1) is 11.6. The molecule has 0 unspecified atom stereocenters. The van der Waals surface area contributed by atoms with Crippen LogP contribution in [0.25, 0.3) is 0 Å². The maximum atomic E-state index is 5.06. The lowest BCUT2D eigenvalue weighted by Crippen LogP contribution is -1.97. The second-order valence-electron chi connectivity index (χ2n) is 4.14. The van der Waals surface area contributed by atoms with Gasteiger partial charge in [-0.3, -0.25) is 0 Å². The molecule has 1 aromatic carbocycles. The molecule has 2 aromatic rings. The molecule has 0 aliphatic rings. The van der Waals surface area contributed by atoms with Crippen molar-refractivity contribution in [1.82, 2.24) is 10.1 Å². The first-order valence-electron chi connectivity index (χ1n) is 5.81. The van der Waals surface area contributed by atoms with Crippen molar-refractivity contribution in [2.24, 2.45) is 0 Å². The molecule has 0 spiro atoms. The van der Waals surface area contributed by atoms with Crippen molar-refractivity contribution in [2.45, 2.75) is 27.2 Å². The summed E-state index contributed by atoms with van der Waals surface area (Å²) >= 11 is 0. The van der Waals surface area contributed by atoms with E-state index in [-0.39, 0.29) is 0 Å². The fourth-order valence-electron chi connectivity index (χ4n) is 1.64. The summed E-state index contributed by atoms with van der Waals surface area (Å²) in [5, 5.41) is 6.93. The van der Waals surface area contributed by atoms with Crippen LogP contribution in [0.1, 0.15) is 29.4 Å². The Hall–Kier alpha value is -1.84. The van der Waals surface area contributed by atoms with E-state index in [9.17, 15) is 0 Å². The number of hydrogen-bond acceptors (Lipinski definition) is 4. The van der Waals surface area contributed by atoms with Gasteiger partial charge in [-0.1, -0.05) is 23.4 Å². The highest BCUT2D eigenvalue weighted by atomic mass is 16.5. The maximum absolute atomic E-state index is 5.06. The minimum atomic E-state index is 0.492. The number of anilines is 1. The Labute approximate surface area is 101 Å². The van der Waals surface area contributed by atoms with E-state index < -0.39 is 0 Å². The molecular weight excluding hydrogens is 214 g/mol. The van der Waals surface area contributed by atoms with Gasteiger partial charge in [-0.25, -0.2) is 0 Å². The average molecular weight is 231 g/mol. The molecule has 4 nitrogen and oxygen atoms in total. The topological polar surface area (TPSA) is 51.0 Å². The van der Waals surface area contributed by atoms with Gasteiger partial charge in [0, 0.05) is 13.0 Å². The summed E-state index contributed by atoms with van der Waals surface area (Å²) < 4.78 is 5.06. The zero-order valence-corrected chi connectivity index (χ0v) is 10.4. The Kier molecular flexibility index (Phi) is 3.42. The minimum absolute atomic E-state index is 0.492. The second kappa shape index (κ2) is 4.99. The number of nitrogens with one attached hydrogen (secondary N) is 1. The van der Waals surface area contributed by atoms with Crippen molar-refractivity contribution < 1.29 is 4.52 Å². The van der Waals surface area contributed by atoms with Gasteiger partial charge in [0.15, 0.2) is 5.82 Å². The summed E-state index contributed by atoms with van der Waals surface area (Å²) in [6, 6.07) is 6.88. The zero-order valence-electron chi connectivity index (χ0n) is 10.4. The summed E-state index contributed by atoms with van der Waals surface area (Å²) in [6.45, 7) is 6.99. The first-order valence-corrected chi connectivity index (χ1v) is 5.81. The summed E-state index contributed by atoms with van der Waals surface area (Å²) in [6.07, 6.45) is 0.704. The van der Waals surface area contributed by atoms with Crippen LogP contribution < -0.4 is 5.32 Å². The molecule has 0 saturated heterocycles. The lowest BCUT2D eigenvalue weighted by Gasteiger charge is -2.02. The summed E-state index contributed by atoms with van der Waals surface area (Å²) in [7, 11) is 0. The van der Waals surface area contributed by atoms with Crippen LogP contribution in [0, 0.1) is 13.8 Å². The van der Waals surface area contributed by atoms with Crippen LogP contribution in [0.15, 0.2) is 22.7 Å². The third-order valence-electron chi connectivity index (χ3n) is 2.73. The van der Waals surface area contributed by atoms with Gasteiger partial charge in [0.05, 0.1) is 0 Å². The molecule has 0 atom stereocenters. The molecule has 0 radical (unpaired) electrons. The monoisotopic (exact) mass is 231 g/mol. The normalized spacial score (nSPS) is 10.5. The van der Waals surface area contributed by atoms with Crippen LogP contribution in [0.2, 0.25) is 0 Å². The molecular formula is C13H17N3O. The van der Waals surface area contributed by atoms with Crippen molar-refractivity contribution in [3.05, 3.63) is 40.7 Å². The van der Waals surface area contributed by atoms with Gasteiger partial charge in [0.1, 0.15) is 0 Å². The smallest absolute Gasteiger partial charge is 0.321 e. The Balaban J connectivity index is 2.11. The van der Waals surface area contributed by atoms with Gasteiger partial charge in [0.25, 0.3) is 0 Å². The van der Waals surface area contributed by atoms with Crippen molar-refractivity contribution in [2.75, 3.05) is 11.9 Å². The van der Waals surface area contributed by atoms with Crippen LogP contribution in [0.5, 0.6) is 0 Å². The Morgan fingerprint density at radius 2 is 2.06 bits per heavy atom. The Morgan fingerprint density at radius 3 is 2.76 bits per heavy atom. The van der Waals surface area contributed by atoms with Crippen molar-refractivity contribution in [1.29, 1.82) is 0 Å². The van der Waals surface area contributed by atoms with Gasteiger partial charge in [-0.05, 0) is 37.5 Å². The standard InChI is InChI=1S/C13H17N3O/c1-4-14-13-15-12(16-17-13)8-11-6-5-9(2)10(3)7-11/h5-7H,4,8H2,1-3H3,(H,14,15,16). The molecule has 0 fully saturated rings. The SMILES string of the molecule is CCNc1nc(Cc2ccc(C)c(C)c2)no1. The molecule has 0 amide bonds. The van der Waals surface area contributed by atoms with E-state index in [0.717, 1.165) is 6.54 Å². The maximum Gasteiger partial charge on any atom is 0.321 e. The van der Waals surface area contributed by atoms with E-state index in [4.69, 9.17) is 4.52 Å². The first-order chi connectivity index (χ1) is 8.19. The number of hydrogen-bond donors (Lipinski definition) is 1. The molecule has 1 N–H and O–H groups in total. The molecule has 1 heterocycles. The number of rotatable bonds is 4. The number of nitrogens with zero attached hydrogens (tertiary/aromatic N) is 2. The van der Waals surface area contributed by atoms with E-state index in [1.54, 1.807) is 0 Å². The molecule has 0 saturated carbocycles. The van der Waals surface area contributed by atoms with E-state index in [1.807, 2.05) is 6.92 Å². The minimum Gasteiger partial charge on any atom is -0.338 e. The average Bonchev–Trinajstić information content (AvgIpc) is 2.72. The van der Waals surface area contributed by atoms with Gasteiger partial charge in [-0.15, -0.1) is 0 Å². The Morgan fingerprint density at radius 1 is 1.24 bits per heavy atom. The molecule has 2 rings (SSSR count). The van der Waals surface area contributed by atoms with Crippen molar-refractivity contribution in [3.63, 3.8) is 0 Å². The Bertz CT molecular complexity index is 505. The number of aromatic nitrogens is 2. The van der Waals surface area contributed by atoms with Gasteiger partial charge >= 0.3 is 6.01 Å². The van der Waals surface area contributed by atoms with E-state index in [1.165, 1.54) is 16.7 Å². The highest BCUT2D eigenvalue weighted by molar-refractivity contribution is 5.31. The fraction of sp³-hybridized carbons (Fsp3) is 0.385. The highest BCUT2D eigenvalue weighted by Crippen LogP contribution is 2.13. The lowest BCUT2D eigenvalue weighted by molar-refractivity contribution is 0.424. The zero-order chi connectivity index (χ0) is 12.3. The van der Waals surface area contributed by atoms with E-state index in [0.29, 0.717) is 18.3 Å². The van der Waals surface area contributed by atoms with Crippen molar-refractivity contribution in [3.8, 4) is 0 Å². The van der Waals surface area contributed by atoms with Gasteiger partial charge in [-0.2, -0.15) is 4.98 Å². The van der Waals surface area contributed by atoms with E-state index in [2.05, 4.69) is 47.5 Å². The molecule has 17 heavy (non-hydrogen) atoms. The quantitative estimate of drug-likeness (QED) is 0.879. The van der Waals surface area contributed by atoms with Crippen LogP contribution in [-0.4, -0.2) is 16.7 Å². The molecule has 90 valence electrons. The molecule has 1 aromatic heterocycles. The molecule has 0 bridgehead atoms. The summed E-state index contributed by atoms with van der Waals surface area (Å²) in [5.74, 6) is 0.712. The molecule has 0 aliphatic heterocycles. The third-order valence-corrected chi connectivity index (χ3v) is 2.73. The molecule has 0 aliphatic carbocycles. The summed E-state index contributed by atoms with van der Waals surface area (Å²) in [5.41, 5.74) is 3.80. The number of benzene rings is 1. The fourth-order valence-corrected chi connectivity index (χ4v) is 1.64. The molecule has 4 heteroatoms. The second-order valence-corrected chi connectivity index (χ2v) is 4.14. The van der Waals surface area contributed by atoms with Crippen LogP contribution >= 0.6 is 0 Å². The number of aryl methyl sites for hydroxylation is 2. The van der Waals surface area contributed by atoms with Crippen LogP contribution in [0.4, 0.5) is 6.01 Å². The predicted octanol–water partition coefficient (Wildman–Crippen LogP) is 2.71. The van der Waals surface area contributed by atoms with E-state index >= 15 is 0 Å². The van der Waals surface area contributed by atoms with Crippen LogP contribution in [-0.2, 0) is 6.42 Å². The predicted molar refractivity (Wildman–Crippen MR) is 67.2 cm³/mol. The third kappa shape index (κ3) is 2.84. The van der Waals surface area contributed by atoms with Gasteiger partial charge < -0.3 is 9.84 Å². The largest absolute Gasteiger partial charge is 0.338 e. The van der Waals surface area contributed by atoms with Gasteiger partial charge in [0.2, 0.25) is 0 Å². The summed E-state index contributed by atoms with van der Waals surface area (Å²) in [4.78, 5) is 4.26. The van der Waals surface area contributed by atoms with Crippen molar-refractivity contribution >= 4 is 6.01 Å². The lowest BCUT2D eigenvalue weighted by atomic mass is 10.0. The highest BCUT2D eigenvalue weighted by Gasteiger charge is 2.06.